The minimum absolute atomic E-state index is 0. The summed E-state index contributed by atoms with van der Waals surface area (Å²) in [5.74, 6) is 0.336. The summed E-state index contributed by atoms with van der Waals surface area (Å²) in [5, 5.41) is 7.43. The fourth-order valence-electron chi connectivity index (χ4n) is 3.93. The number of anilines is 1. The molecule has 1 aliphatic heterocycles. The van der Waals surface area contributed by atoms with E-state index in [9.17, 15) is 4.79 Å². The predicted molar refractivity (Wildman–Crippen MR) is 117 cm³/mol. The molecule has 27 heavy (non-hydrogen) atoms. The Morgan fingerprint density at radius 3 is 2.93 bits per heavy atom. The van der Waals surface area contributed by atoms with E-state index < -0.39 is 5.91 Å². The third kappa shape index (κ3) is 4.26. The Hall–Kier alpha value is -2.10. The predicted octanol–water partition coefficient (Wildman–Crippen LogP) is 2.08. The second-order valence-corrected chi connectivity index (χ2v) is 7.14. The third-order valence-corrected chi connectivity index (χ3v) is 5.34. The molecule has 2 aliphatic rings. The lowest BCUT2D eigenvalue weighted by Gasteiger charge is -2.22. The molecule has 8 heteroatoms. The number of rotatable bonds is 4. The van der Waals surface area contributed by atoms with Gasteiger partial charge >= 0.3 is 0 Å². The van der Waals surface area contributed by atoms with Crippen LogP contribution in [0.15, 0.2) is 29.4 Å². The summed E-state index contributed by atoms with van der Waals surface area (Å²) in [7, 11) is 0. The monoisotopic (exact) mass is 480 g/mol. The number of aliphatic imine (C=N–C) groups is 1. The topological polar surface area (TPSA) is 111 Å². The number of aryl methyl sites for hydroxylation is 3. The van der Waals surface area contributed by atoms with Crippen molar-refractivity contribution in [2.45, 2.75) is 38.6 Å². The lowest BCUT2D eigenvalue weighted by Crippen LogP contribution is -2.27. The molecule has 144 valence electrons. The normalized spacial score (nSPS) is 18.4. The van der Waals surface area contributed by atoms with Crippen molar-refractivity contribution in [1.82, 2.24) is 9.78 Å². The van der Waals surface area contributed by atoms with Gasteiger partial charge in [-0.15, -0.1) is 24.0 Å². The third-order valence-electron chi connectivity index (χ3n) is 5.34. The number of primary amides is 1. The zero-order chi connectivity index (χ0) is 18.1. The van der Waals surface area contributed by atoms with Crippen molar-refractivity contribution < 1.29 is 4.79 Å². The Morgan fingerprint density at radius 2 is 2.11 bits per heavy atom. The van der Waals surface area contributed by atoms with Gasteiger partial charge in [-0.2, -0.15) is 5.10 Å². The van der Waals surface area contributed by atoms with Crippen LogP contribution >= 0.6 is 24.0 Å². The first kappa shape index (κ1) is 19.7. The Labute approximate surface area is 175 Å². The minimum atomic E-state index is -0.423. The van der Waals surface area contributed by atoms with Gasteiger partial charge in [-0.25, -0.2) is 0 Å². The maximum atomic E-state index is 11.5. The number of guanidine groups is 1. The van der Waals surface area contributed by atoms with Gasteiger partial charge in [0.1, 0.15) is 0 Å². The van der Waals surface area contributed by atoms with Gasteiger partial charge in [0.05, 0.1) is 17.5 Å². The second-order valence-electron chi connectivity index (χ2n) is 7.14. The van der Waals surface area contributed by atoms with Crippen molar-refractivity contribution in [2.75, 3.05) is 11.9 Å². The highest BCUT2D eigenvalue weighted by Gasteiger charge is 2.24. The average Bonchev–Trinajstić information content (AvgIpc) is 3.25. The van der Waals surface area contributed by atoms with Crippen molar-refractivity contribution in [3.63, 3.8) is 0 Å². The summed E-state index contributed by atoms with van der Waals surface area (Å²) in [6, 6.07) is 6.40. The van der Waals surface area contributed by atoms with E-state index in [2.05, 4.69) is 33.6 Å². The summed E-state index contributed by atoms with van der Waals surface area (Å²) < 4.78 is 1.87. The number of nitrogens with two attached hydrogens (primary N) is 2. The number of nitrogens with one attached hydrogen (secondary N) is 1. The van der Waals surface area contributed by atoms with Crippen molar-refractivity contribution in [1.29, 1.82) is 0 Å². The number of amides is 1. The highest BCUT2D eigenvalue weighted by atomic mass is 127. The molecule has 1 atom stereocenters. The highest BCUT2D eigenvalue weighted by molar-refractivity contribution is 14.0. The van der Waals surface area contributed by atoms with Crippen LogP contribution in [-0.2, 0) is 25.8 Å². The number of hydrogen-bond acceptors (Lipinski definition) is 3. The van der Waals surface area contributed by atoms with Crippen LogP contribution < -0.4 is 16.8 Å². The Balaban J connectivity index is 0.00000210. The summed E-state index contributed by atoms with van der Waals surface area (Å²) in [6.45, 7) is 1.40. The van der Waals surface area contributed by atoms with Gasteiger partial charge in [0.2, 0.25) is 0 Å². The van der Waals surface area contributed by atoms with Crippen LogP contribution in [0.5, 0.6) is 0 Å². The highest BCUT2D eigenvalue weighted by Crippen LogP contribution is 2.25. The molecule has 1 aromatic carbocycles. The largest absolute Gasteiger partial charge is 0.370 e. The first-order valence-electron chi connectivity index (χ1n) is 9.13. The van der Waals surface area contributed by atoms with E-state index in [1.165, 1.54) is 24.0 Å². The molecule has 0 saturated heterocycles. The van der Waals surface area contributed by atoms with E-state index in [-0.39, 0.29) is 24.0 Å². The number of nitrogens with zero attached hydrogens (tertiary/aromatic N) is 3. The lowest BCUT2D eigenvalue weighted by molar-refractivity contribution is 0.0998. The quantitative estimate of drug-likeness (QED) is 0.354. The van der Waals surface area contributed by atoms with E-state index in [4.69, 9.17) is 11.5 Å². The Morgan fingerprint density at radius 1 is 1.30 bits per heavy atom. The van der Waals surface area contributed by atoms with E-state index >= 15 is 0 Å². The number of benzene rings is 1. The molecule has 0 saturated carbocycles. The van der Waals surface area contributed by atoms with Crippen molar-refractivity contribution in [3.05, 3.63) is 46.8 Å². The van der Waals surface area contributed by atoms with Crippen LogP contribution in [-0.4, -0.2) is 28.2 Å². The molecule has 2 aromatic rings. The van der Waals surface area contributed by atoms with Gasteiger partial charge in [-0.05, 0) is 61.3 Å². The number of hydrogen-bond donors (Lipinski definition) is 3. The van der Waals surface area contributed by atoms with Crippen molar-refractivity contribution in [2.24, 2.45) is 22.4 Å². The molecule has 0 bridgehead atoms. The average molecular weight is 480 g/mol. The molecule has 1 aromatic heterocycles. The molecular formula is C19H25IN6O. The van der Waals surface area contributed by atoms with Crippen LogP contribution in [0.25, 0.3) is 0 Å². The summed E-state index contributed by atoms with van der Waals surface area (Å²) >= 11 is 0. The van der Waals surface area contributed by atoms with E-state index in [1.807, 2.05) is 4.68 Å². The first-order valence-corrected chi connectivity index (χ1v) is 9.13. The van der Waals surface area contributed by atoms with Gasteiger partial charge in [0.15, 0.2) is 5.96 Å². The number of halogens is 1. The van der Waals surface area contributed by atoms with Crippen LogP contribution in [0.2, 0.25) is 0 Å². The van der Waals surface area contributed by atoms with Gasteiger partial charge in [0, 0.05) is 18.8 Å². The molecule has 1 amide bonds. The molecule has 1 unspecified atom stereocenters. The van der Waals surface area contributed by atoms with E-state index in [0.29, 0.717) is 24.0 Å². The van der Waals surface area contributed by atoms with Crippen LogP contribution in [0.3, 0.4) is 0 Å². The summed E-state index contributed by atoms with van der Waals surface area (Å²) in [6.07, 6.45) is 6.81. The minimum Gasteiger partial charge on any atom is -0.370 e. The molecule has 0 fully saturated rings. The van der Waals surface area contributed by atoms with Gasteiger partial charge in [0.25, 0.3) is 5.91 Å². The van der Waals surface area contributed by atoms with Gasteiger partial charge in [-0.3, -0.25) is 14.5 Å². The maximum absolute atomic E-state index is 11.5. The molecule has 1 aliphatic carbocycles. The number of carbonyl (C=O) groups is 1. The number of fused-ring (bicyclic) bond motifs is 2. The molecule has 4 rings (SSSR count). The Kier molecular flexibility index (Phi) is 6.03. The van der Waals surface area contributed by atoms with Crippen LogP contribution in [0, 0.1) is 5.92 Å². The van der Waals surface area contributed by atoms with E-state index in [0.717, 1.165) is 37.2 Å². The molecule has 2 heterocycles. The molecule has 0 radical (unpaired) electrons. The molecule has 5 N–H and O–H groups in total. The molecular weight excluding hydrogens is 455 g/mol. The summed E-state index contributed by atoms with van der Waals surface area (Å²) in [5.41, 5.74) is 16.8. The van der Waals surface area contributed by atoms with Crippen molar-refractivity contribution >= 4 is 41.5 Å². The fraction of sp³-hybridized carbons (Fsp3) is 0.421. The second kappa shape index (κ2) is 8.28. The standard InChI is InChI=1S/C19H24N6O.HI/c20-18(26)16-11-23-25-7-6-12(8-17(16)25)10-22-19(21)24-15-5-4-13-2-1-3-14(13)9-15;/h4-5,9,11-12H,1-3,6-8,10H2,(H2,20,26)(H3,21,22,24);1H. The zero-order valence-corrected chi connectivity index (χ0v) is 17.5. The zero-order valence-electron chi connectivity index (χ0n) is 15.1. The fourth-order valence-corrected chi connectivity index (χ4v) is 3.93. The van der Waals surface area contributed by atoms with Crippen molar-refractivity contribution in [3.8, 4) is 0 Å². The molecule has 7 nitrogen and oxygen atoms in total. The molecule has 0 spiro atoms. The maximum Gasteiger partial charge on any atom is 0.252 e. The SMILES string of the molecule is I.NC(=O)c1cnn2c1CC(CN=C(N)Nc1ccc3c(c1)CCC3)CC2. The summed E-state index contributed by atoms with van der Waals surface area (Å²) in [4.78, 5) is 16.0. The van der Waals surface area contributed by atoms with Gasteiger partial charge in [-0.1, -0.05) is 6.07 Å². The smallest absolute Gasteiger partial charge is 0.252 e. The van der Waals surface area contributed by atoms with E-state index in [1.54, 1.807) is 6.20 Å². The number of carbonyl (C=O) groups excluding carboxylic acids is 1. The van der Waals surface area contributed by atoms with Crippen LogP contribution in [0.1, 0.15) is 40.0 Å². The number of aromatic nitrogens is 2. The first-order chi connectivity index (χ1) is 12.6. The van der Waals surface area contributed by atoms with Gasteiger partial charge < -0.3 is 16.8 Å². The van der Waals surface area contributed by atoms with Crippen LogP contribution in [0.4, 0.5) is 5.69 Å². The lowest BCUT2D eigenvalue weighted by atomic mass is 9.94. The Bertz CT molecular complexity index is 875.